The summed E-state index contributed by atoms with van der Waals surface area (Å²) in [4.78, 5) is 23.2. The molecular formula is C17H21NO6. The van der Waals surface area contributed by atoms with Crippen LogP contribution in [0.15, 0.2) is 24.3 Å². The highest BCUT2D eigenvalue weighted by molar-refractivity contribution is 5.89. The zero-order chi connectivity index (χ0) is 17.4. The highest BCUT2D eigenvalue weighted by atomic mass is 16.5. The zero-order valence-electron chi connectivity index (χ0n) is 13.5. The number of hydrogen-bond acceptors (Lipinski definition) is 6. The Kier molecular flexibility index (Phi) is 6.62. The van der Waals surface area contributed by atoms with Crippen molar-refractivity contribution in [2.45, 2.75) is 18.9 Å². The number of rotatable bonds is 7. The summed E-state index contributed by atoms with van der Waals surface area (Å²) in [7, 11) is 1.44. The Morgan fingerprint density at radius 1 is 1.46 bits per heavy atom. The quantitative estimate of drug-likeness (QED) is 0.575. The first-order chi connectivity index (χ1) is 11.6. The molecule has 0 aromatic heterocycles. The van der Waals surface area contributed by atoms with Gasteiger partial charge in [-0.15, -0.1) is 0 Å². The van der Waals surface area contributed by atoms with E-state index < -0.39 is 5.97 Å². The van der Waals surface area contributed by atoms with E-state index in [4.69, 9.17) is 14.2 Å². The average Bonchev–Trinajstić information content (AvgIpc) is 3.11. The molecule has 0 saturated carbocycles. The van der Waals surface area contributed by atoms with Crippen LogP contribution in [-0.4, -0.2) is 50.0 Å². The van der Waals surface area contributed by atoms with E-state index in [1.54, 1.807) is 12.1 Å². The molecule has 7 nitrogen and oxygen atoms in total. The van der Waals surface area contributed by atoms with Crippen molar-refractivity contribution in [3.05, 3.63) is 29.8 Å². The number of methoxy groups -OCH3 is 1. The summed E-state index contributed by atoms with van der Waals surface area (Å²) in [5.41, 5.74) is 0.657. The molecule has 0 radical (unpaired) electrons. The molecule has 1 heterocycles. The van der Waals surface area contributed by atoms with E-state index in [-0.39, 0.29) is 24.4 Å². The smallest absolute Gasteiger partial charge is 0.331 e. The van der Waals surface area contributed by atoms with Gasteiger partial charge in [-0.1, -0.05) is 6.07 Å². The number of benzene rings is 1. The van der Waals surface area contributed by atoms with Crippen LogP contribution in [-0.2, 0) is 19.1 Å². The van der Waals surface area contributed by atoms with E-state index in [1.165, 1.54) is 25.3 Å². The highest BCUT2D eigenvalue weighted by Crippen LogP contribution is 2.26. The fraction of sp³-hybridized carbons (Fsp3) is 0.412. The van der Waals surface area contributed by atoms with Gasteiger partial charge in [0.15, 0.2) is 18.1 Å². The Hall–Kier alpha value is -2.54. The van der Waals surface area contributed by atoms with Crippen molar-refractivity contribution < 1.29 is 28.9 Å². The molecule has 1 aromatic carbocycles. The average molecular weight is 335 g/mol. The Morgan fingerprint density at radius 2 is 2.29 bits per heavy atom. The van der Waals surface area contributed by atoms with Gasteiger partial charge in [0.25, 0.3) is 5.91 Å². The number of esters is 1. The van der Waals surface area contributed by atoms with Crippen LogP contribution in [0.5, 0.6) is 11.5 Å². The van der Waals surface area contributed by atoms with Crippen molar-refractivity contribution in [1.82, 2.24) is 5.32 Å². The third-order valence-corrected chi connectivity index (χ3v) is 3.51. The molecule has 1 fully saturated rings. The molecule has 0 bridgehead atoms. The highest BCUT2D eigenvalue weighted by Gasteiger charge is 2.16. The summed E-state index contributed by atoms with van der Waals surface area (Å²) < 4.78 is 15.2. The van der Waals surface area contributed by atoms with Gasteiger partial charge in [-0.25, -0.2) is 4.79 Å². The fourth-order valence-electron chi connectivity index (χ4n) is 2.23. The summed E-state index contributed by atoms with van der Waals surface area (Å²) in [5.74, 6) is -0.674. The normalized spacial score (nSPS) is 17.0. The monoisotopic (exact) mass is 335 g/mol. The lowest BCUT2D eigenvalue weighted by Crippen LogP contribution is -2.34. The second kappa shape index (κ2) is 8.93. The van der Waals surface area contributed by atoms with Gasteiger partial charge >= 0.3 is 5.97 Å². The van der Waals surface area contributed by atoms with Crippen molar-refractivity contribution >= 4 is 18.0 Å². The van der Waals surface area contributed by atoms with Crippen LogP contribution < -0.4 is 10.1 Å². The van der Waals surface area contributed by atoms with E-state index in [1.807, 2.05) is 0 Å². The fourth-order valence-corrected chi connectivity index (χ4v) is 2.23. The van der Waals surface area contributed by atoms with Crippen LogP contribution in [0.3, 0.4) is 0 Å². The Bertz CT molecular complexity index is 607. The van der Waals surface area contributed by atoms with Crippen LogP contribution in [0, 0.1) is 0 Å². The second-order valence-corrected chi connectivity index (χ2v) is 5.31. The molecule has 2 N–H and O–H groups in total. The van der Waals surface area contributed by atoms with Crippen LogP contribution in [0.1, 0.15) is 18.4 Å². The predicted molar refractivity (Wildman–Crippen MR) is 86.6 cm³/mol. The predicted octanol–water partition coefficient (Wildman–Crippen LogP) is 1.25. The topological polar surface area (TPSA) is 94.1 Å². The standard InChI is InChI=1S/C17H21NO6/c1-22-15-9-12(4-6-14(15)19)5-7-17(21)24-11-16(20)18-10-13-3-2-8-23-13/h4-7,9,13,19H,2-3,8,10-11H2,1H3,(H,18,20)/b7-5+/t13-/m0/s1. The van der Waals surface area contributed by atoms with E-state index in [9.17, 15) is 14.7 Å². The second-order valence-electron chi connectivity index (χ2n) is 5.31. The molecule has 130 valence electrons. The van der Waals surface area contributed by atoms with E-state index in [2.05, 4.69) is 5.32 Å². The molecular weight excluding hydrogens is 314 g/mol. The van der Waals surface area contributed by atoms with Gasteiger partial charge in [-0.05, 0) is 36.6 Å². The number of amides is 1. The molecule has 7 heteroatoms. The van der Waals surface area contributed by atoms with Gasteiger partial charge < -0.3 is 24.6 Å². The molecule has 0 aliphatic carbocycles. The van der Waals surface area contributed by atoms with Crippen molar-refractivity contribution in [2.24, 2.45) is 0 Å². The van der Waals surface area contributed by atoms with Crippen LogP contribution in [0.2, 0.25) is 0 Å². The van der Waals surface area contributed by atoms with Crippen molar-refractivity contribution in [2.75, 3.05) is 26.9 Å². The van der Waals surface area contributed by atoms with Gasteiger partial charge in [0.1, 0.15) is 0 Å². The minimum atomic E-state index is -0.630. The van der Waals surface area contributed by atoms with Crippen molar-refractivity contribution in [3.63, 3.8) is 0 Å². The molecule has 1 aliphatic rings. The van der Waals surface area contributed by atoms with Gasteiger partial charge in [-0.2, -0.15) is 0 Å². The summed E-state index contributed by atoms with van der Waals surface area (Å²) in [6.07, 6.45) is 4.70. The van der Waals surface area contributed by atoms with E-state index in [0.717, 1.165) is 19.4 Å². The van der Waals surface area contributed by atoms with E-state index in [0.29, 0.717) is 17.9 Å². The summed E-state index contributed by atoms with van der Waals surface area (Å²) >= 11 is 0. The summed E-state index contributed by atoms with van der Waals surface area (Å²) in [6.45, 7) is 0.816. The maximum absolute atomic E-state index is 11.6. The number of phenols is 1. The van der Waals surface area contributed by atoms with Gasteiger partial charge in [0, 0.05) is 19.2 Å². The first-order valence-corrected chi connectivity index (χ1v) is 7.68. The number of phenolic OH excluding ortho intramolecular Hbond substituents is 1. The number of aromatic hydroxyl groups is 1. The first kappa shape index (κ1) is 17.8. The number of nitrogens with one attached hydrogen (secondary N) is 1. The molecule has 0 spiro atoms. The lowest BCUT2D eigenvalue weighted by atomic mass is 10.2. The molecule has 1 aliphatic heterocycles. The molecule has 1 amide bonds. The number of carbonyl (C=O) groups excluding carboxylic acids is 2. The maximum Gasteiger partial charge on any atom is 0.331 e. The molecule has 1 atom stereocenters. The van der Waals surface area contributed by atoms with Crippen molar-refractivity contribution in [3.8, 4) is 11.5 Å². The summed E-state index contributed by atoms with van der Waals surface area (Å²) in [5, 5.41) is 12.2. The lowest BCUT2D eigenvalue weighted by Gasteiger charge is -2.10. The van der Waals surface area contributed by atoms with Crippen LogP contribution in [0.4, 0.5) is 0 Å². The van der Waals surface area contributed by atoms with Gasteiger partial charge in [0.05, 0.1) is 13.2 Å². The largest absolute Gasteiger partial charge is 0.504 e. The van der Waals surface area contributed by atoms with Gasteiger partial charge in [0.2, 0.25) is 0 Å². The minimum Gasteiger partial charge on any atom is -0.504 e. The Labute approximate surface area is 140 Å². The zero-order valence-corrected chi connectivity index (χ0v) is 13.5. The van der Waals surface area contributed by atoms with Crippen LogP contribution in [0.25, 0.3) is 6.08 Å². The third kappa shape index (κ3) is 5.58. The minimum absolute atomic E-state index is 0.0140. The maximum atomic E-state index is 11.6. The number of hydrogen-bond donors (Lipinski definition) is 2. The third-order valence-electron chi connectivity index (χ3n) is 3.51. The Balaban J connectivity index is 1.73. The van der Waals surface area contributed by atoms with Crippen molar-refractivity contribution in [1.29, 1.82) is 0 Å². The molecule has 1 saturated heterocycles. The molecule has 0 unspecified atom stereocenters. The molecule has 2 rings (SSSR count). The lowest BCUT2D eigenvalue weighted by molar-refractivity contribution is -0.143. The van der Waals surface area contributed by atoms with E-state index >= 15 is 0 Å². The number of carbonyl (C=O) groups is 2. The summed E-state index contributed by atoms with van der Waals surface area (Å²) in [6, 6.07) is 4.66. The number of ether oxygens (including phenoxy) is 3. The molecule has 24 heavy (non-hydrogen) atoms. The SMILES string of the molecule is COc1cc(/C=C/C(=O)OCC(=O)NC[C@@H]2CCCO2)ccc1O. The molecule has 1 aromatic rings. The van der Waals surface area contributed by atoms with Gasteiger partial charge in [-0.3, -0.25) is 4.79 Å². The first-order valence-electron chi connectivity index (χ1n) is 7.68. The van der Waals surface area contributed by atoms with Crippen LogP contribution >= 0.6 is 0 Å². The Morgan fingerprint density at radius 3 is 3.00 bits per heavy atom.